The molecule has 1 aromatic rings. The van der Waals surface area contributed by atoms with Gasteiger partial charge in [0.25, 0.3) is 0 Å². The van der Waals surface area contributed by atoms with Crippen LogP contribution in [0.4, 0.5) is 9.93 Å². The van der Waals surface area contributed by atoms with Crippen molar-refractivity contribution < 1.29 is 9.53 Å². The second kappa shape index (κ2) is 7.09. The molecule has 2 aliphatic rings. The maximum Gasteiger partial charge on any atom is 0.317 e. The molecule has 6 nitrogen and oxygen atoms in total. The van der Waals surface area contributed by atoms with E-state index in [2.05, 4.69) is 20.6 Å². The Bertz CT molecular complexity index is 467. The topological polar surface area (TPSA) is 57.7 Å². The zero-order chi connectivity index (χ0) is 14.5. The number of rotatable bonds is 4. The van der Waals surface area contributed by atoms with Gasteiger partial charge in [-0.25, -0.2) is 9.78 Å². The highest BCUT2D eigenvalue weighted by Crippen LogP contribution is 2.24. The van der Waals surface area contributed by atoms with Gasteiger partial charge in [-0.3, -0.25) is 0 Å². The van der Waals surface area contributed by atoms with Crippen molar-refractivity contribution in [1.82, 2.24) is 15.2 Å². The summed E-state index contributed by atoms with van der Waals surface area (Å²) >= 11 is 1.71. The first-order chi connectivity index (χ1) is 10.3. The van der Waals surface area contributed by atoms with Gasteiger partial charge in [0.05, 0.1) is 18.9 Å². The summed E-state index contributed by atoms with van der Waals surface area (Å²) in [5.41, 5.74) is 1.07. The Hall–Kier alpha value is -1.34. The first-order valence-corrected chi connectivity index (χ1v) is 8.51. The predicted octanol–water partition coefficient (Wildman–Crippen LogP) is 1.33. The van der Waals surface area contributed by atoms with E-state index in [9.17, 15) is 4.79 Å². The van der Waals surface area contributed by atoms with E-state index < -0.39 is 0 Å². The standard InChI is InChI=1S/C14H22N4O2S/c19-13(17-7-9-20-10-8-17)15-4-3-12-11-21-14(16-12)18-5-1-2-6-18/h11H,1-10H2,(H,15,19). The van der Waals surface area contributed by atoms with Crippen LogP contribution in [0.25, 0.3) is 0 Å². The quantitative estimate of drug-likeness (QED) is 0.911. The molecule has 0 atom stereocenters. The number of ether oxygens (including phenoxy) is 1. The van der Waals surface area contributed by atoms with E-state index in [1.54, 1.807) is 16.2 Å². The van der Waals surface area contributed by atoms with Gasteiger partial charge in [0, 0.05) is 44.5 Å². The molecule has 21 heavy (non-hydrogen) atoms. The van der Waals surface area contributed by atoms with Gasteiger partial charge in [-0.05, 0) is 12.8 Å². The van der Waals surface area contributed by atoms with Crippen molar-refractivity contribution in [1.29, 1.82) is 0 Å². The van der Waals surface area contributed by atoms with Crippen molar-refractivity contribution >= 4 is 22.5 Å². The van der Waals surface area contributed by atoms with E-state index in [1.807, 2.05) is 0 Å². The third kappa shape index (κ3) is 3.85. The summed E-state index contributed by atoms with van der Waals surface area (Å²) < 4.78 is 5.24. The van der Waals surface area contributed by atoms with Crippen LogP contribution in [-0.2, 0) is 11.2 Å². The number of thiazole rings is 1. The van der Waals surface area contributed by atoms with Gasteiger partial charge in [-0.2, -0.15) is 0 Å². The fraction of sp³-hybridized carbons (Fsp3) is 0.714. The number of carbonyl (C=O) groups excluding carboxylic acids is 1. The zero-order valence-electron chi connectivity index (χ0n) is 12.2. The molecule has 0 spiro atoms. The van der Waals surface area contributed by atoms with Gasteiger partial charge >= 0.3 is 6.03 Å². The van der Waals surface area contributed by atoms with Gasteiger partial charge in [0.15, 0.2) is 5.13 Å². The lowest BCUT2D eigenvalue weighted by molar-refractivity contribution is 0.0533. The summed E-state index contributed by atoms with van der Waals surface area (Å²) in [6.07, 6.45) is 3.33. The van der Waals surface area contributed by atoms with Crippen molar-refractivity contribution in [2.75, 3.05) is 50.8 Å². The fourth-order valence-corrected chi connectivity index (χ4v) is 3.55. The molecule has 3 heterocycles. The van der Waals surface area contributed by atoms with Gasteiger partial charge in [-0.1, -0.05) is 0 Å². The minimum absolute atomic E-state index is 0.00768. The summed E-state index contributed by atoms with van der Waals surface area (Å²) in [6.45, 7) is 5.53. The fourth-order valence-electron chi connectivity index (χ4n) is 2.64. The number of nitrogens with zero attached hydrogens (tertiary/aromatic N) is 3. The zero-order valence-corrected chi connectivity index (χ0v) is 13.0. The first kappa shape index (κ1) is 14.6. The Balaban J connectivity index is 1.41. The molecular weight excluding hydrogens is 288 g/mol. The van der Waals surface area contributed by atoms with Gasteiger partial charge < -0.3 is 19.9 Å². The van der Waals surface area contributed by atoms with Crippen molar-refractivity contribution in [2.24, 2.45) is 0 Å². The highest BCUT2D eigenvalue weighted by Gasteiger charge is 2.17. The Morgan fingerprint density at radius 2 is 2.05 bits per heavy atom. The molecule has 0 aromatic carbocycles. The highest BCUT2D eigenvalue weighted by atomic mass is 32.1. The van der Waals surface area contributed by atoms with Crippen LogP contribution in [0.15, 0.2) is 5.38 Å². The molecule has 2 fully saturated rings. The monoisotopic (exact) mass is 310 g/mol. The Labute approximate surface area is 129 Å². The van der Waals surface area contributed by atoms with Crippen molar-refractivity contribution in [2.45, 2.75) is 19.3 Å². The molecular formula is C14H22N4O2S. The second-order valence-corrected chi connectivity index (χ2v) is 6.23. The highest BCUT2D eigenvalue weighted by molar-refractivity contribution is 7.13. The van der Waals surface area contributed by atoms with Crippen molar-refractivity contribution in [3.8, 4) is 0 Å². The minimum Gasteiger partial charge on any atom is -0.378 e. The number of nitrogens with one attached hydrogen (secondary N) is 1. The third-order valence-corrected chi connectivity index (χ3v) is 4.82. The van der Waals surface area contributed by atoms with E-state index >= 15 is 0 Å². The van der Waals surface area contributed by atoms with Gasteiger partial charge in [0.1, 0.15) is 0 Å². The smallest absolute Gasteiger partial charge is 0.317 e. The predicted molar refractivity (Wildman–Crippen MR) is 83.1 cm³/mol. The molecule has 7 heteroatoms. The minimum atomic E-state index is 0.00768. The molecule has 0 saturated carbocycles. The van der Waals surface area contributed by atoms with Crippen LogP contribution >= 0.6 is 11.3 Å². The summed E-state index contributed by atoms with van der Waals surface area (Å²) in [5, 5.41) is 6.19. The van der Waals surface area contributed by atoms with Crippen LogP contribution in [0.3, 0.4) is 0 Å². The molecule has 0 unspecified atom stereocenters. The van der Waals surface area contributed by atoms with Gasteiger partial charge in [-0.15, -0.1) is 11.3 Å². The molecule has 2 saturated heterocycles. The van der Waals surface area contributed by atoms with Crippen LogP contribution in [0.2, 0.25) is 0 Å². The maximum absolute atomic E-state index is 11.9. The van der Waals surface area contributed by atoms with E-state index in [0.29, 0.717) is 32.8 Å². The number of carbonyl (C=O) groups is 1. The third-order valence-electron chi connectivity index (χ3n) is 3.87. The Morgan fingerprint density at radius 1 is 1.29 bits per heavy atom. The number of anilines is 1. The summed E-state index contributed by atoms with van der Waals surface area (Å²) in [4.78, 5) is 20.8. The molecule has 0 radical (unpaired) electrons. The number of urea groups is 1. The average molecular weight is 310 g/mol. The summed E-state index contributed by atoms with van der Waals surface area (Å²) in [7, 11) is 0. The first-order valence-electron chi connectivity index (χ1n) is 7.63. The second-order valence-electron chi connectivity index (χ2n) is 5.40. The van der Waals surface area contributed by atoms with Crippen molar-refractivity contribution in [3.63, 3.8) is 0 Å². The molecule has 0 bridgehead atoms. The average Bonchev–Trinajstić information content (AvgIpc) is 3.19. The van der Waals surface area contributed by atoms with E-state index in [1.165, 1.54) is 12.8 Å². The molecule has 0 aliphatic carbocycles. The molecule has 116 valence electrons. The van der Waals surface area contributed by atoms with E-state index in [4.69, 9.17) is 4.74 Å². The molecule has 3 rings (SSSR count). The molecule has 2 amide bonds. The normalized spacial score (nSPS) is 19.0. The van der Waals surface area contributed by atoms with Crippen LogP contribution in [0.5, 0.6) is 0 Å². The largest absolute Gasteiger partial charge is 0.378 e. The molecule has 1 N–H and O–H groups in total. The van der Waals surface area contributed by atoms with Crippen molar-refractivity contribution in [3.05, 3.63) is 11.1 Å². The number of aromatic nitrogens is 1. The number of hydrogen-bond donors (Lipinski definition) is 1. The lowest BCUT2D eigenvalue weighted by atomic mass is 10.3. The van der Waals surface area contributed by atoms with E-state index in [-0.39, 0.29) is 6.03 Å². The number of amides is 2. The molecule has 2 aliphatic heterocycles. The van der Waals surface area contributed by atoms with Crippen LogP contribution in [0, 0.1) is 0 Å². The van der Waals surface area contributed by atoms with Crippen LogP contribution < -0.4 is 10.2 Å². The van der Waals surface area contributed by atoms with Gasteiger partial charge in [0.2, 0.25) is 0 Å². The van der Waals surface area contributed by atoms with Crippen LogP contribution in [-0.4, -0.2) is 61.9 Å². The molecule has 1 aromatic heterocycles. The summed E-state index contributed by atoms with van der Waals surface area (Å²) in [6, 6.07) is 0.00768. The van der Waals surface area contributed by atoms with Crippen LogP contribution in [0.1, 0.15) is 18.5 Å². The van der Waals surface area contributed by atoms with E-state index in [0.717, 1.165) is 30.3 Å². The number of hydrogen-bond acceptors (Lipinski definition) is 5. The number of morpholine rings is 1. The SMILES string of the molecule is O=C(NCCc1csc(N2CCCC2)n1)N1CCOCC1. The Morgan fingerprint density at radius 3 is 2.81 bits per heavy atom. The lowest BCUT2D eigenvalue weighted by Crippen LogP contribution is -2.46. The Kier molecular flexibility index (Phi) is 4.92. The maximum atomic E-state index is 11.9. The lowest BCUT2D eigenvalue weighted by Gasteiger charge is -2.26. The summed E-state index contributed by atoms with van der Waals surface area (Å²) in [5.74, 6) is 0.